The summed E-state index contributed by atoms with van der Waals surface area (Å²) in [6.07, 6.45) is 0. The number of rotatable bonds is 3. The Hall–Kier alpha value is -6.07. The highest BCUT2D eigenvalue weighted by Crippen LogP contribution is 2.50. The van der Waals surface area contributed by atoms with E-state index in [1.165, 1.54) is 33.0 Å². The van der Waals surface area contributed by atoms with Gasteiger partial charge in [0, 0.05) is 38.4 Å². The van der Waals surface area contributed by atoms with Crippen molar-refractivity contribution in [3.05, 3.63) is 162 Å². The molecule has 47 heavy (non-hydrogen) atoms. The molecule has 224 valence electrons. The Kier molecular flexibility index (Phi) is 5.93. The van der Waals surface area contributed by atoms with Crippen molar-refractivity contribution in [2.75, 3.05) is 0 Å². The second-order valence-electron chi connectivity index (χ2n) is 12.8. The highest BCUT2D eigenvalue weighted by molar-refractivity contribution is 6.12. The van der Waals surface area contributed by atoms with Crippen LogP contribution in [0.15, 0.2) is 145 Å². The summed E-state index contributed by atoms with van der Waals surface area (Å²) >= 11 is 0. The molecule has 0 unspecified atom stereocenters. The lowest BCUT2D eigenvalue weighted by molar-refractivity contribution is 0.661. The van der Waals surface area contributed by atoms with Crippen molar-refractivity contribution < 1.29 is 0 Å². The van der Waals surface area contributed by atoms with Crippen LogP contribution in [0.2, 0.25) is 0 Å². The van der Waals surface area contributed by atoms with Gasteiger partial charge in [0.25, 0.3) is 0 Å². The van der Waals surface area contributed by atoms with Crippen LogP contribution in [0, 0.1) is 5.41 Å². The second-order valence-corrected chi connectivity index (χ2v) is 12.8. The number of H-pyrrole nitrogens is 1. The number of nitrogens with zero attached hydrogens (tertiary/aromatic N) is 3. The molecule has 0 bridgehead atoms. The van der Waals surface area contributed by atoms with Crippen molar-refractivity contribution in [3.63, 3.8) is 0 Å². The van der Waals surface area contributed by atoms with Gasteiger partial charge in [-0.25, -0.2) is 4.98 Å². The van der Waals surface area contributed by atoms with Crippen molar-refractivity contribution >= 4 is 38.5 Å². The SMILES string of the molecule is CC1(C)c2ccccc2-c2cc3c4ccccc4n(-c4cccc(C(=N)N=c5nc(-c6ccccc6)c6ccccc6[nH]5)c4)c3cc21. The summed E-state index contributed by atoms with van der Waals surface area (Å²) in [5, 5.41) is 12.5. The zero-order valence-electron chi connectivity index (χ0n) is 26.1. The van der Waals surface area contributed by atoms with Gasteiger partial charge < -0.3 is 9.55 Å². The topological polar surface area (TPSA) is 69.8 Å². The lowest BCUT2D eigenvalue weighted by Gasteiger charge is -2.21. The number of para-hydroxylation sites is 2. The Labute approximate surface area is 272 Å². The first kappa shape index (κ1) is 27.3. The van der Waals surface area contributed by atoms with Crippen LogP contribution in [-0.2, 0) is 5.41 Å². The van der Waals surface area contributed by atoms with Gasteiger partial charge in [0.1, 0.15) is 0 Å². The molecule has 0 radical (unpaired) electrons. The number of hydrogen-bond donors (Lipinski definition) is 2. The Morgan fingerprint density at radius 2 is 1.40 bits per heavy atom. The third kappa shape index (κ3) is 4.20. The van der Waals surface area contributed by atoms with Gasteiger partial charge in [-0.15, -0.1) is 0 Å². The van der Waals surface area contributed by atoms with Gasteiger partial charge in [-0.3, -0.25) is 5.41 Å². The van der Waals surface area contributed by atoms with Crippen LogP contribution in [0.1, 0.15) is 30.5 Å². The van der Waals surface area contributed by atoms with Crippen molar-refractivity contribution in [2.24, 2.45) is 4.99 Å². The molecule has 2 N–H and O–H groups in total. The Balaban J connectivity index is 1.20. The monoisotopic (exact) mass is 605 g/mol. The van der Waals surface area contributed by atoms with Gasteiger partial charge in [-0.1, -0.05) is 117 Å². The summed E-state index contributed by atoms with van der Waals surface area (Å²) in [5.74, 6) is 0.142. The normalized spacial score (nSPS) is 13.7. The molecule has 1 aliphatic carbocycles. The summed E-state index contributed by atoms with van der Waals surface area (Å²) in [6, 6.07) is 48.5. The molecule has 2 heterocycles. The number of aromatic amines is 1. The van der Waals surface area contributed by atoms with Crippen LogP contribution < -0.4 is 5.62 Å². The third-order valence-corrected chi connectivity index (χ3v) is 9.66. The molecule has 0 saturated heterocycles. The second kappa shape index (κ2) is 10.2. The maximum atomic E-state index is 9.09. The summed E-state index contributed by atoms with van der Waals surface area (Å²) in [5.41, 5.74) is 12.4. The van der Waals surface area contributed by atoms with Crippen molar-refractivity contribution in [3.8, 4) is 28.1 Å². The van der Waals surface area contributed by atoms with E-state index in [4.69, 9.17) is 15.4 Å². The molecular formula is C42H31N5. The highest BCUT2D eigenvalue weighted by atomic mass is 15.0. The number of hydrogen-bond acceptors (Lipinski definition) is 2. The molecule has 0 amide bonds. The molecule has 1 aliphatic rings. The molecule has 0 saturated carbocycles. The van der Waals surface area contributed by atoms with Crippen LogP contribution in [0.25, 0.3) is 60.8 Å². The standard InChI is InChI=1S/C42H31N5/c1-42(2)34-20-9-6-17-29(34)32-24-33-30-18-8-11-22-37(30)47(38(33)25-35(32)42)28-16-12-15-27(23-28)40(43)46-41-44-36-21-10-7-19-31(36)39(45-41)26-13-4-3-5-14-26/h3-25H,1-2H3,(H2,43,44,45,46). The summed E-state index contributed by atoms with van der Waals surface area (Å²) < 4.78 is 2.33. The van der Waals surface area contributed by atoms with Gasteiger partial charge in [0.2, 0.25) is 5.62 Å². The van der Waals surface area contributed by atoms with Crippen molar-refractivity contribution in [1.82, 2.24) is 14.5 Å². The van der Waals surface area contributed by atoms with Crippen LogP contribution in [0.4, 0.5) is 0 Å². The predicted octanol–water partition coefficient (Wildman–Crippen LogP) is 9.56. The molecule has 6 aromatic carbocycles. The fraction of sp³-hybridized carbons (Fsp3) is 0.0714. The smallest absolute Gasteiger partial charge is 0.229 e. The molecule has 8 aromatic rings. The van der Waals surface area contributed by atoms with E-state index < -0.39 is 0 Å². The Bertz CT molecular complexity index is 2620. The van der Waals surface area contributed by atoms with E-state index in [-0.39, 0.29) is 11.3 Å². The number of nitrogens with one attached hydrogen (secondary N) is 2. The van der Waals surface area contributed by atoms with Gasteiger partial charge in [-0.05, 0) is 58.7 Å². The number of benzene rings is 6. The lowest BCUT2D eigenvalue weighted by atomic mass is 9.82. The fourth-order valence-corrected chi connectivity index (χ4v) is 7.39. The predicted molar refractivity (Wildman–Crippen MR) is 192 cm³/mol. The summed E-state index contributed by atoms with van der Waals surface area (Å²) in [4.78, 5) is 12.9. The van der Waals surface area contributed by atoms with Gasteiger partial charge >= 0.3 is 0 Å². The molecule has 5 nitrogen and oxygen atoms in total. The molecule has 0 spiro atoms. The number of fused-ring (bicyclic) bond motifs is 7. The van der Waals surface area contributed by atoms with E-state index in [9.17, 15) is 0 Å². The molecule has 2 aromatic heterocycles. The fourth-order valence-electron chi connectivity index (χ4n) is 7.39. The lowest BCUT2D eigenvalue weighted by Crippen LogP contribution is -2.17. The van der Waals surface area contributed by atoms with E-state index in [0.717, 1.165) is 38.9 Å². The van der Waals surface area contributed by atoms with E-state index in [0.29, 0.717) is 11.2 Å². The zero-order chi connectivity index (χ0) is 31.7. The maximum Gasteiger partial charge on any atom is 0.229 e. The quantitative estimate of drug-likeness (QED) is 0.153. The molecule has 0 aliphatic heterocycles. The van der Waals surface area contributed by atoms with Gasteiger partial charge in [0.05, 0.1) is 22.2 Å². The van der Waals surface area contributed by atoms with E-state index in [1.807, 2.05) is 60.7 Å². The minimum absolute atomic E-state index is 0.105. The Morgan fingerprint density at radius 1 is 0.660 bits per heavy atom. The first-order chi connectivity index (χ1) is 23.0. The largest absolute Gasteiger partial charge is 0.323 e. The van der Waals surface area contributed by atoms with Crippen LogP contribution in [0.5, 0.6) is 0 Å². The van der Waals surface area contributed by atoms with E-state index in [2.05, 4.69) is 102 Å². The molecular weight excluding hydrogens is 574 g/mol. The Morgan fingerprint density at radius 3 is 2.28 bits per heavy atom. The van der Waals surface area contributed by atoms with E-state index in [1.54, 1.807) is 0 Å². The molecule has 0 fully saturated rings. The van der Waals surface area contributed by atoms with Gasteiger partial charge in [-0.2, -0.15) is 4.99 Å². The van der Waals surface area contributed by atoms with Crippen LogP contribution >= 0.6 is 0 Å². The minimum Gasteiger partial charge on any atom is -0.323 e. The minimum atomic E-state index is -0.105. The first-order valence-corrected chi connectivity index (χ1v) is 15.9. The molecule has 5 heteroatoms. The number of aromatic nitrogens is 3. The zero-order valence-corrected chi connectivity index (χ0v) is 26.1. The van der Waals surface area contributed by atoms with Crippen LogP contribution in [0.3, 0.4) is 0 Å². The first-order valence-electron chi connectivity index (χ1n) is 15.9. The maximum absolute atomic E-state index is 9.09. The van der Waals surface area contributed by atoms with E-state index >= 15 is 0 Å². The van der Waals surface area contributed by atoms with Crippen LogP contribution in [-0.4, -0.2) is 20.4 Å². The summed E-state index contributed by atoms with van der Waals surface area (Å²) in [7, 11) is 0. The molecule has 9 rings (SSSR count). The average Bonchev–Trinajstić information content (AvgIpc) is 3.55. The molecule has 0 atom stereocenters. The van der Waals surface area contributed by atoms with Crippen molar-refractivity contribution in [2.45, 2.75) is 19.3 Å². The number of amidine groups is 1. The summed E-state index contributed by atoms with van der Waals surface area (Å²) in [6.45, 7) is 4.64. The average molecular weight is 606 g/mol. The van der Waals surface area contributed by atoms with Gasteiger partial charge in [0.15, 0.2) is 5.84 Å². The highest BCUT2D eigenvalue weighted by Gasteiger charge is 2.36. The third-order valence-electron chi connectivity index (χ3n) is 9.66. The van der Waals surface area contributed by atoms with Crippen molar-refractivity contribution in [1.29, 1.82) is 5.41 Å².